The summed E-state index contributed by atoms with van der Waals surface area (Å²) in [6.45, 7) is 4.41. The number of hydrogen-bond donors (Lipinski definition) is 1. The van der Waals surface area contributed by atoms with Gasteiger partial charge >= 0.3 is 0 Å². The van der Waals surface area contributed by atoms with Crippen molar-refractivity contribution in [3.63, 3.8) is 0 Å². The number of fused-ring (bicyclic) bond motifs is 1. The van der Waals surface area contributed by atoms with Gasteiger partial charge in [-0.3, -0.25) is 4.79 Å². The van der Waals surface area contributed by atoms with Crippen LogP contribution in [0.2, 0.25) is 0 Å². The summed E-state index contributed by atoms with van der Waals surface area (Å²) < 4.78 is 2.27. The molecule has 2 aliphatic heterocycles. The van der Waals surface area contributed by atoms with Crippen LogP contribution in [-0.4, -0.2) is 51.0 Å². The third kappa shape index (κ3) is 4.83. The summed E-state index contributed by atoms with van der Waals surface area (Å²) >= 11 is 1.75. The van der Waals surface area contributed by atoms with E-state index in [-0.39, 0.29) is 18.3 Å². The molecule has 146 valence electrons. The van der Waals surface area contributed by atoms with Crippen LogP contribution in [0, 0.1) is 0 Å². The summed E-state index contributed by atoms with van der Waals surface area (Å²) in [7, 11) is 0. The molecule has 3 heterocycles. The van der Waals surface area contributed by atoms with Gasteiger partial charge in [-0.05, 0) is 25.0 Å². The number of carbonyl (C=O) groups excluding carboxylic acids is 1. The van der Waals surface area contributed by atoms with Gasteiger partial charge in [0.15, 0.2) is 0 Å². The third-order valence-corrected chi connectivity index (χ3v) is 6.21. The quantitative estimate of drug-likeness (QED) is 0.772. The van der Waals surface area contributed by atoms with Crippen LogP contribution in [0.4, 0.5) is 0 Å². The second-order valence-corrected chi connectivity index (χ2v) is 8.04. The Morgan fingerprint density at radius 2 is 1.93 bits per heavy atom. The molecule has 1 amide bonds. The van der Waals surface area contributed by atoms with Crippen molar-refractivity contribution in [3.8, 4) is 0 Å². The normalized spacial score (nSPS) is 17.3. The van der Waals surface area contributed by atoms with Crippen LogP contribution in [0.5, 0.6) is 0 Å². The number of nitrogens with one attached hydrogen (secondary N) is 1. The monoisotopic (exact) mass is 407 g/mol. The highest BCUT2D eigenvalue weighted by Gasteiger charge is 2.28. The van der Waals surface area contributed by atoms with Gasteiger partial charge in [-0.1, -0.05) is 18.2 Å². The van der Waals surface area contributed by atoms with Gasteiger partial charge in [-0.15, -0.1) is 34.4 Å². The van der Waals surface area contributed by atoms with E-state index in [1.54, 1.807) is 11.8 Å². The second kappa shape index (κ2) is 9.57. The molecule has 0 unspecified atom stereocenters. The molecule has 0 atom stereocenters. The molecular formula is C19H26ClN5OS. The second-order valence-electron chi connectivity index (χ2n) is 6.87. The Morgan fingerprint density at radius 3 is 2.70 bits per heavy atom. The number of amides is 1. The summed E-state index contributed by atoms with van der Waals surface area (Å²) in [6.07, 6.45) is 2.59. The molecule has 0 saturated carbocycles. The van der Waals surface area contributed by atoms with Crippen LogP contribution in [0.3, 0.4) is 0 Å². The molecule has 4 rings (SSSR count). The first-order valence-corrected chi connectivity index (χ1v) is 10.4. The number of rotatable bonds is 5. The lowest BCUT2D eigenvalue weighted by molar-refractivity contribution is -0.131. The van der Waals surface area contributed by atoms with Gasteiger partial charge in [0.05, 0.1) is 6.54 Å². The Bertz CT molecular complexity index is 746. The maximum Gasteiger partial charge on any atom is 0.223 e. The number of nitrogens with zero attached hydrogens (tertiary/aromatic N) is 4. The van der Waals surface area contributed by atoms with Gasteiger partial charge in [0.2, 0.25) is 5.91 Å². The largest absolute Gasteiger partial charge is 0.343 e. The van der Waals surface area contributed by atoms with E-state index in [0.29, 0.717) is 12.3 Å². The maximum atomic E-state index is 12.5. The standard InChI is InChI=1S/C19H25N5OS.ClH/c25-18(8-13-26-16-4-2-1-3-5-16)23-10-6-15(7-11-23)19-22-21-17-14-20-9-12-24(17)19;/h1-5,15,20H,6-14H2;1H. The smallest absolute Gasteiger partial charge is 0.223 e. The van der Waals surface area contributed by atoms with Gasteiger partial charge in [0, 0.05) is 49.2 Å². The molecule has 8 heteroatoms. The highest BCUT2D eigenvalue weighted by molar-refractivity contribution is 7.99. The summed E-state index contributed by atoms with van der Waals surface area (Å²) in [5, 5.41) is 12.1. The molecule has 2 aliphatic rings. The minimum absolute atomic E-state index is 0. The highest BCUT2D eigenvalue weighted by Crippen LogP contribution is 2.28. The predicted molar refractivity (Wildman–Crippen MR) is 109 cm³/mol. The van der Waals surface area contributed by atoms with Crippen molar-refractivity contribution in [2.45, 2.75) is 43.2 Å². The first-order valence-electron chi connectivity index (χ1n) is 9.39. The number of halogens is 1. The van der Waals surface area contributed by atoms with Crippen molar-refractivity contribution < 1.29 is 4.79 Å². The third-order valence-electron chi connectivity index (χ3n) is 5.19. The Kier molecular flexibility index (Phi) is 7.15. The van der Waals surface area contributed by atoms with Crippen LogP contribution in [-0.2, 0) is 17.9 Å². The van der Waals surface area contributed by atoms with Crippen LogP contribution >= 0.6 is 24.2 Å². The van der Waals surface area contributed by atoms with Crippen LogP contribution < -0.4 is 5.32 Å². The molecule has 0 aliphatic carbocycles. The molecule has 1 aromatic heterocycles. The minimum atomic E-state index is 0. The number of piperidine rings is 1. The lowest BCUT2D eigenvalue weighted by Gasteiger charge is -2.32. The van der Waals surface area contributed by atoms with Gasteiger partial charge in [0.1, 0.15) is 11.6 Å². The van der Waals surface area contributed by atoms with E-state index in [1.807, 2.05) is 23.1 Å². The molecule has 1 aromatic carbocycles. The van der Waals surface area contributed by atoms with Gasteiger partial charge < -0.3 is 14.8 Å². The van der Waals surface area contributed by atoms with E-state index in [4.69, 9.17) is 0 Å². The van der Waals surface area contributed by atoms with Gasteiger partial charge in [0.25, 0.3) is 0 Å². The first kappa shape index (κ1) is 20.2. The van der Waals surface area contributed by atoms with Crippen LogP contribution in [0.25, 0.3) is 0 Å². The van der Waals surface area contributed by atoms with Crippen molar-refractivity contribution >= 4 is 30.1 Å². The molecule has 0 radical (unpaired) electrons. The van der Waals surface area contributed by atoms with E-state index in [1.165, 1.54) is 4.90 Å². The van der Waals surface area contributed by atoms with E-state index in [2.05, 4.69) is 32.2 Å². The molecule has 0 bridgehead atoms. The number of benzene rings is 1. The summed E-state index contributed by atoms with van der Waals surface area (Å²) in [4.78, 5) is 15.7. The SMILES string of the molecule is Cl.O=C(CCSc1ccccc1)N1CCC(c2nnc3n2CCNC3)CC1. The van der Waals surface area contributed by atoms with Crippen molar-refractivity contribution in [2.75, 3.05) is 25.4 Å². The van der Waals surface area contributed by atoms with E-state index >= 15 is 0 Å². The molecule has 1 fully saturated rings. The number of thioether (sulfide) groups is 1. The van der Waals surface area contributed by atoms with Gasteiger partial charge in [-0.25, -0.2) is 0 Å². The fourth-order valence-corrected chi connectivity index (χ4v) is 4.60. The molecule has 0 spiro atoms. The summed E-state index contributed by atoms with van der Waals surface area (Å²) in [5.74, 6) is 3.71. The van der Waals surface area contributed by atoms with Crippen LogP contribution in [0.1, 0.15) is 36.8 Å². The molecule has 1 N–H and O–H groups in total. The van der Waals surface area contributed by atoms with E-state index < -0.39 is 0 Å². The average molecular weight is 408 g/mol. The van der Waals surface area contributed by atoms with Crippen molar-refractivity contribution in [3.05, 3.63) is 42.0 Å². The molecule has 2 aromatic rings. The Labute approximate surface area is 170 Å². The zero-order valence-electron chi connectivity index (χ0n) is 15.3. The lowest BCUT2D eigenvalue weighted by atomic mass is 9.95. The Morgan fingerprint density at radius 1 is 1.15 bits per heavy atom. The zero-order valence-corrected chi connectivity index (χ0v) is 17.0. The van der Waals surface area contributed by atoms with Crippen molar-refractivity contribution in [2.24, 2.45) is 0 Å². The molecule has 1 saturated heterocycles. The van der Waals surface area contributed by atoms with E-state index in [9.17, 15) is 4.79 Å². The van der Waals surface area contributed by atoms with Crippen molar-refractivity contribution in [1.29, 1.82) is 0 Å². The number of likely N-dealkylation sites (tertiary alicyclic amines) is 1. The predicted octanol–water partition coefficient (Wildman–Crippen LogP) is 2.69. The molecule has 6 nitrogen and oxygen atoms in total. The average Bonchev–Trinajstić information content (AvgIpc) is 3.13. The first-order chi connectivity index (χ1) is 12.8. The lowest BCUT2D eigenvalue weighted by Crippen LogP contribution is -2.39. The Balaban J connectivity index is 0.00000210. The zero-order chi connectivity index (χ0) is 17.8. The molecule has 27 heavy (non-hydrogen) atoms. The highest BCUT2D eigenvalue weighted by atomic mass is 35.5. The minimum Gasteiger partial charge on any atom is -0.343 e. The van der Waals surface area contributed by atoms with Crippen LogP contribution in [0.15, 0.2) is 35.2 Å². The van der Waals surface area contributed by atoms with Gasteiger partial charge in [-0.2, -0.15) is 0 Å². The maximum absolute atomic E-state index is 12.5. The summed E-state index contributed by atoms with van der Waals surface area (Å²) in [6, 6.07) is 10.3. The fourth-order valence-electron chi connectivity index (χ4n) is 3.73. The summed E-state index contributed by atoms with van der Waals surface area (Å²) in [5.41, 5.74) is 0. The van der Waals surface area contributed by atoms with Crippen molar-refractivity contribution in [1.82, 2.24) is 25.0 Å². The molecular weight excluding hydrogens is 382 g/mol. The fraction of sp³-hybridized carbons (Fsp3) is 0.526. The Hall–Kier alpha value is -1.57. The topological polar surface area (TPSA) is 63.1 Å². The number of hydrogen-bond acceptors (Lipinski definition) is 5. The number of aromatic nitrogens is 3. The van der Waals surface area contributed by atoms with E-state index in [0.717, 1.165) is 63.0 Å². The number of carbonyl (C=O) groups is 1.